The van der Waals surface area contributed by atoms with Crippen molar-refractivity contribution in [2.45, 2.75) is 19.3 Å². The molecule has 0 unspecified atom stereocenters. The topological polar surface area (TPSA) is 79.6 Å². The first-order chi connectivity index (χ1) is 13.2. The van der Waals surface area contributed by atoms with Crippen LogP contribution < -0.4 is 4.84 Å². The lowest BCUT2D eigenvalue weighted by Gasteiger charge is -2.13. The monoisotopic (exact) mass is 460 g/mol. The molecule has 0 amide bonds. The lowest BCUT2D eigenvalue weighted by atomic mass is 10.0. The average Bonchev–Trinajstić information content (AvgIpc) is 2.57. The Bertz CT molecular complexity index is 998. The summed E-state index contributed by atoms with van der Waals surface area (Å²) in [6, 6.07) is 6.76. The molecular weight excluding hydrogens is 450 g/mol. The molecule has 2 aromatic rings. The summed E-state index contributed by atoms with van der Waals surface area (Å²) in [7, 11) is -2.61. The van der Waals surface area contributed by atoms with Gasteiger partial charge in [-0.1, -0.05) is 22.8 Å². The van der Waals surface area contributed by atoms with Gasteiger partial charge in [0.1, 0.15) is 0 Å². The molecule has 2 rings (SSSR count). The molecule has 0 heterocycles. The molecule has 29 heavy (non-hydrogen) atoms. The Labute approximate surface area is 167 Å². The van der Waals surface area contributed by atoms with Crippen LogP contribution in [0.5, 0.6) is 5.75 Å². The van der Waals surface area contributed by atoms with Crippen molar-refractivity contribution in [1.29, 1.82) is 4.78 Å². The van der Waals surface area contributed by atoms with Gasteiger partial charge in [0.15, 0.2) is 5.75 Å². The molecular formula is C16H11ClF6N2O3S. The highest BCUT2D eigenvalue weighted by molar-refractivity contribution is 7.60. The second-order valence-corrected chi connectivity index (χ2v) is 6.12. The zero-order chi connectivity index (χ0) is 22.4. The molecule has 0 atom stereocenters. The van der Waals surface area contributed by atoms with Crippen molar-refractivity contribution in [3.63, 3.8) is 0 Å². The first kappa shape index (κ1) is 24.4. The number of hydrogen-bond donors (Lipinski definition) is 1. The Morgan fingerprint density at radius 2 is 1.62 bits per heavy atom. The van der Waals surface area contributed by atoms with Crippen LogP contribution in [0.3, 0.4) is 0 Å². The predicted molar refractivity (Wildman–Crippen MR) is 92.4 cm³/mol. The normalized spacial score (nSPS) is 12.1. The summed E-state index contributed by atoms with van der Waals surface area (Å²) in [5.74, 6) is -0.259. The van der Waals surface area contributed by atoms with E-state index in [1.54, 1.807) is 0 Å². The van der Waals surface area contributed by atoms with Crippen LogP contribution in [-0.4, -0.2) is 14.1 Å². The largest absolute Gasteiger partial charge is 0.417 e. The van der Waals surface area contributed by atoms with E-state index in [1.807, 2.05) is 0 Å². The number of benzene rings is 2. The molecule has 2 aromatic carbocycles. The van der Waals surface area contributed by atoms with Crippen LogP contribution in [-0.2, 0) is 22.9 Å². The van der Waals surface area contributed by atoms with Crippen molar-refractivity contribution >= 4 is 27.8 Å². The minimum Gasteiger partial charge on any atom is -0.357 e. The van der Waals surface area contributed by atoms with Crippen LogP contribution in [0.4, 0.5) is 26.3 Å². The maximum atomic E-state index is 13.0. The summed E-state index contributed by atoms with van der Waals surface area (Å²) < 4.78 is 99.8. The maximum absolute atomic E-state index is 13.0. The highest BCUT2D eigenvalue weighted by Gasteiger charge is 2.34. The summed E-state index contributed by atoms with van der Waals surface area (Å²) in [6.45, 7) is 1.23. The Balaban J connectivity index is 0.000000960. The van der Waals surface area contributed by atoms with Crippen molar-refractivity contribution in [3.8, 4) is 5.75 Å². The van der Waals surface area contributed by atoms with Gasteiger partial charge < -0.3 is 4.84 Å². The van der Waals surface area contributed by atoms with Crippen LogP contribution in [0.15, 0.2) is 47.6 Å². The number of alkyl halides is 6. The fourth-order valence-electron chi connectivity index (χ4n) is 1.96. The highest BCUT2D eigenvalue weighted by atomic mass is 35.5. The first-order valence-electron chi connectivity index (χ1n) is 7.28. The van der Waals surface area contributed by atoms with E-state index in [4.69, 9.17) is 29.6 Å². The van der Waals surface area contributed by atoms with Crippen LogP contribution in [0, 0.1) is 4.78 Å². The molecule has 13 heteroatoms. The molecule has 0 fully saturated rings. The van der Waals surface area contributed by atoms with Crippen molar-refractivity contribution < 1.29 is 39.6 Å². The van der Waals surface area contributed by atoms with Crippen molar-refractivity contribution in [2.24, 2.45) is 5.16 Å². The third-order valence-electron chi connectivity index (χ3n) is 3.13. The van der Waals surface area contributed by atoms with Gasteiger partial charge in [-0.2, -0.15) is 39.5 Å². The zero-order valence-electron chi connectivity index (χ0n) is 14.3. The number of nitrogens with zero attached hydrogens (tertiary/aromatic N) is 1. The van der Waals surface area contributed by atoms with Gasteiger partial charge >= 0.3 is 22.9 Å². The molecule has 1 N–H and O–H groups in total. The van der Waals surface area contributed by atoms with E-state index in [-0.39, 0.29) is 22.0 Å². The maximum Gasteiger partial charge on any atom is 0.417 e. The van der Waals surface area contributed by atoms with Gasteiger partial charge in [-0.3, -0.25) is 0 Å². The molecule has 0 aliphatic heterocycles. The van der Waals surface area contributed by atoms with Crippen LogP contribution in [0.25, 0.3) is 0 Å². The molecule has 0 saturated heterocycles. The summed E-state index contributed by atoms with van der Waals surface area (Å²) in [6.07, 6.45) is -9.22. The van der Waals surface area contributed by atoms with Crippen molar-refractivity contribution in [3.05, 3.63) is 64.2 Å². The van der Waals surface area contributed by atoms with Gasteiger partial charge in [0.05, 0.1) is 16.8 Å². The van der Waals surface area contributed by atoms with Crippen molar-refractivity contribution in [2.75, 3.05) is 0 Å². The average molecular weight is 461 g/mol. The molecule has 0 aliphatic carbocycles. The van der Waals surface area contributed by atoms with Crippen LogP contribution >= 0.6 is 11.6 Å². The molecule has 0 saturated carbocycles. The predicted octanol–water partition coefficient (Wildman–Crippen LogP) is 5.81. The lowest BCUT2D eigenvalue weighted by molar-refractivity contribution is -0.138. The molecule has 0 bridgehead atoms. The fourth-order valence-corrected chi connectivity index (χ4v) is 2.13. The number of oxime groups is 1. The Hall–Kier alpha value is -2.60. The van der Waals surface area contributed by atoms with Crippen LogP contribution in [0.2, 0.25) is 5.02 Å². The number of nitrogens with one attached hydrogen (secondary N) is 1. The van der Waals surface area contributed by atoms with E-state index in [2.05, 4.69) is 5.16 Å². The SMILES string of the molecule is C/C(=N\Oc1cccc(C(F)(F)F)c1)c1cc(Cl)ccc1C(F)(F)F.N=S(=O)=O. The minimum atomic E-state index is -4.65. The Morgan fingerprint density at radius 3 is 2.14 bits per heavy atom. The van der Waals surface area contributed by atoms with E-state index < -0.39 is 34.0 Å². The minimum absolute atomic E-state index is 0.0524. The molecule has 0 aromatic heterocycles. The highest BCUT2D eigenvalue weighted by Crippen LogP contribution is 2.34. The van der Waals surface area contributed by atoms with Gasteiger partial charge in [-0.15, -0.1) is 0 Å². The van der Waals surface area contributed by atoms with E-state index in [1.165, 1.54) is 13.0 Å². The van der Waals surface area contributed by atoms with E-state index in [0.717, 1.165) is 30.3 Å². The van der Waals surface area contributed by atoms with Gasteiger partial charge in [0, 0.05) is 10.6 Å². The number of hydrogen-bond acceptors (Lipinski definition) is 5. The van der Waals surface area contributed by atoms with Crippen molar-refractivity contribution in [1.82, 2.24) is 0 Å². The van der Waals surface area contributed by atoms with Crippen LogP contribution in [0.1, 0.15) is 23.6 Å². The number of rotatable bonds is 3. The zero-order valence-corrected chi connectivity index (χ0v) is 15.8. The Morgan fingerprint density at radius 1 is 1.03 bits per heavy atom. The molecule has 158 valence electrons. The second-order valence-electron chi connectivity index (χ2n) is 5.22. The van der Waals surface area contributed by atoms with E-state index in [0.29, 0.717) is 6.07 Å². The Kier molecular flexibility index (Phi) is 8.21. The third kappa shape index (κ3) is 8.11. The summed E-state index contributed by atoms with van der Waals surface area (Å²) in [5.41, 5.74) is -2.46. The number of halogens is 7. The quantitative estimate of drug-likeness (QED) is 0.356. The standard InChI is InChI=1S/C16H10ClF6NO.HNO2S/c1-9(13-8-11(17)5-6-14(13)16(21,22)23)24-25-12-4-2-3-10(7-12)15(18,19)20;1-4(2)3/h2-8H,1H3;1H/b24-9+;. The van der Waals surface area contributed by atoms with Gasteiger partial charge in [0.25, 0.3) is 0 Å². The summed E-state index contributed by atoms with van der Waals surface area (Å²) in [5, 5.41) is 3.55. The molecule has 0 spiro atoms. The fraction of sp³-hybridized carbons (Fsp3) is 0.188. The molecule has 5 nitrogen and oxygen atoms in total. The molecule has 0 aliphatic rings. The lowest BCUT2D eigenvalue weighted by Crippen LogP contribution is -2.12. The smallest absolute Gasteiger partial charge is 0.357 e. The first-order valence-corrected chi connectivity index (χ1v) is 8.73. The third-order valence-corrected chi connectivity index (χ3v) is 3.36. The van der Waals surface area contributed by atoms with E-state index in [9.17, 15) is 26.3 Å². The molecule has 0 radical (unpaired) electrons. The van der Waals surface area contributed by atoms with Gasteiger partial charge in [-0.05, 0) is 43.3 Å². The summed E-state index contributed by atoms with van der Waals surface area (Å²) in [4.78, 5) is 4.84. The van der Waals surface area contributed by atoms with Gasteiger partial charge in [-0.25, -0.2) is 0 Å². The second kappa shape index (κ2) is 9.74. The van der Waals surface area contributed by atoms with E-state index >= 15 is 0 Å². The summed E-state index contributed by atoms with van der Waals surface area (Å²) >= 11 is 5.71. The van der Waals surface area contributed by atoms with Gasteiger partial charge in [0.2, 0.25) is 0 Å².